The lowest BCUT2D eigenvalue weighted by Crippen LogP contribution is -2.28. The van der Waals surface area contributed by atoms with Gasteiger partial charge in [-0.3, -0.25) is 14.2 Å². The molecular weight excluding hydrogens is 368 g/mol. The third-order valence-corrected chi connectivity index (χ3v) is 5.00. The van der Waals surface area contributed by atoms with Crippen molar-refractivity contribution < 1.29 is 9.21 Å². The minimum atomic E-state index is -0.317. The number of hydrogen-bond acceptors (Lipinski definition) is 4. The Labute approximate surface area is 167 Å². The number of para-hydroxylation sites is 1. The number of carbonyl (C=O) groups is 1. The second-order valence-electron chi connectivity index (χ2n) is 7.67. The molecule has 1 amide bonds. The Balaban J connectivity index is 1.56. The number of aromatic amines is 1. The van der Waals surface area contributed by atoms with E-state index in [1.165, 1.54) is 10.9 Å². The van der Waals surface area contributed by atoms with Crippen molar-refractivity contribution in [2.75, 3.05) is 6.54 Å². The molecule has 0 bridgehead atoms. The number of hydrogen-bond donors (Lipinski definition) is 2. The second kappa shape index (κ2) is 7.58. The summed E-state index contributed by atoms with van der Waals surface area (Å²) in [6.45, 7) is 6.72. The number of fused-ring (bicyclic) bond motifs is 2. The first kappa shape index (κ1) is 19.0. The number of carbonyl (C=O) groups excluding carboxylic acids is 1. The molecule has 7 heteroatoms. The zero-order valence-corrected chi connectivity index (χ0v) is 16.8. The van der Waals surface area contributed by atoms with Crippen LogP contribution < -0.4 is 10.9 Å². The predicted molar refractivity (Wildman–Crippen MR) is 112 cm³/mol. The average Bonchev–Trinajstić information content (AvgIpc) is 3.25. The molecular formula is C22H24N4O3. The van der Waals surface area contributed by atoms with E-state index in [9.17, 15) is 9.59 Å². The average molecular weight is 392 g/mol. The fourth-order valence-corrected chi connectivity index (χ4v) is 3.67. The Morgan fingerprint density at radius 2 is 2.10 bits per heavy atom. The SMILES string of the molecule is Cc1oc2ncn(CC(C)C)c(=O)c2c1C(=O)NCCc1c[nH]c2ccccc12. The van der Waals surface area contributed by atoms with Crippen molar-refractivity contribution in [3.8, 4) is 0 Å². The van der Waals surface area contributed by atoms with Crippen molar-refractivity contribution in [2.45, 2.75) is 33.7 Å². The van der Waals surface area contributed by atoms with Crippen LogP contribution in [0.15, 0.2) is 46.0 Å². The van der Waals surface area contributed by atoms with Gasteiger partial charge in [-0.15, -0.1) is 0 Å². The molecule has 4 rings (SSSR count). The zero-order chi connectivity index (χ0) is 20.5. The normalized spacial score (nSPS) is 11.6. The van der Waals surface area contributed by atoms with Gasteiger partial charge in [-0.2, -0.15) is 0 Å². The van der Waals surface area contributed by atoms with Gasteiger partial charge in [0.05, 0.1) is 5.56 Å². The van der Waals surface area contributed by atoms with Gasteiger partial charge in [-0.05, 0) is 30.9 Å². The topological polar surface area (TPSA) is 92.9 Å². The van der Waals surface area contributed by atoms with E-state index >= 15 is 0 Å². The summed E-state index contributed by atoms with van der Waals surface area (Å²) in [6, 6.07) is 8.05. The van der Waals surface area contributed by atoms with Crippen LogP contribution in [0.1, 0.15) is 35.5 Å². The number of nitrogens with zero attached hydrogens (tertiary/aromatic N) is 2. The lowest BCUT2D eigenvalue weighted by molar-refractivity contribution is 0.0954. The molecule has 0 saturated carbocycles. The summed E-state index contributed by atoms with van der Waals surface area (Å²) >= 11 is 0. The molecule has 0 fully saturated rings. The molecule has 4 aromatic rings. The zero-order valence-electron chi connectivity index (χ0n) is 16.8. The largest absolute Gasteiger partial charge is 0.442 e. The minimum absolute atomic E-state index is 0.203. The van der Waals surface area contributed by atoms with Gasteiger partial charge in [0.2, 0.25) is 5.71 Å². The molecule has 0 unspecified atom stereocenters. The summed E-state index contributed by atoms with van der Waals surface area (Å²) in [6.07, 6.45) is 4.12. The fraction of sp³-hybridized carbons (Fsp3) is 0.318. The molecule has 2 N–H and O–H groups in total. The molecule has 0 saturated heterocycles. The molecule has 3 heterocycles. The van der Waals surface area contributed by atoms with Gasteiger partial charge >= 0.3 is 0 Å². The van der Waals surface area contributed by atoms with E-state index in [1.54, 1.807) is 6.92 Å². The molecule has 29 heavy (non-hydrogen) atoms. The standard InChI is InChI=1S/C22H24N4O3/c1-13(2)11-26-12-25-21-19(22(26)28)18(14(3)29-21)20(27)23-9-8-15-10-24-17-7-5-4-6-16(15)17/h4-7,10,12-13,24H,8-9,11H2,1-3H3,(H,23,27). The molecule has 150 valence electrons. The Morgan fingerprint density at radius 3 is 2.90 bits per heavy atom. The van der Waals surface area contributed by atoms with E-state index in [4.69, 9.17) is 4.42 Å². The molecule has 0 atom stereocenters. The Morgan fingerprint density at radius 1 is 1.31 bits per heavy atom. The molecule has 1 aromatic carbocycles. The van der Waals surface area contributed by atoms with Gasteiger partial charge in [0, 0.05) is 30.2 Å². The van der Waals surface area contributed by atoms with Gasteiger partial charge in [0.25, 0.3) is 11.5 Å². The lowest BCUT2D eigenvalue weighted by atomic mass is 10.1. The number of rotatable bonds is 6. The van der Waals surface area contributed by atoms with Crippen molar-refractivity contribution in [1.29, 1.82) is 0 Å². The van der Waals surface area contributed by atoms with Crippen LogP contribution in [0.5, 0.6) is 0 Å². The van der Waals surface area contributed by atoms with Gasteiger partial charge in [-0.25, -0.2) is 4.98 Å². The maximum Gasteiger partial charge on any atom is 0.265 e. The van der Waals surface area contributed by atoms with E-state index in [-0.39, 0.29) is 34.0 Å². The summed E-state index contributed by atoms with van der Waals surface area (Å²) < 4.78 is 7.11. The first-order chi connectivity index (χ1) is 14.0. The van der Waals surface area contributed by atoms with Crippen LogP contribution in [0.3, 0.4) is 0 Å². The minimum Gasteiger partial charge on any atom is -0.442 e. The van der Waals surface area contributed by atoms with E-state index in [0.717, 1.165) is 16.5 Å². The van der Waals surface area contributed by atoms with Crippen LogP contribution in [-0.4, -0.2) is 27.0 Å². The highest BCUT2D eigenvalue weighted by Crippen LogP contribution is 2.21. The predicted octanol–water partition coefficient (Wildman–Crippen LogP) is 3.41. The quantitative estimate of drug-likeness (QED) is 0.526. The summed E-state index contributed by atoms with van der Waals surface area (Å²) in [4.78, 5) is 33.2. The number of amides is 1. The Hall–Kier alpha value is -3.35. The van der Waals surface area contributed by atoms with Crippen molar-refractivity contribution >= 4 is 27.9 Å². The monoisotopic (exact) mass is 392 g/mol. The van der Waals surface area contributed by atoms with E-state index in [2.05, 4.69) is 21.4 Å². The molecule has 0 aliphatic rings. The van der Waals surface area contributed by atoms with E-state index in [1.807, 2.05) is 38.2 Å². The van der Waals surface area contributed by atoms with Crippen LogP contribution >= 0.6 is 0 Å². The summed E-state index contributed by atoms with van der Waals surface area (Å²) in [5.41, 5.74) is 2.43. The third-order valence-electron chi connectivity index (χ3n) is 5.00. The van der Waals surface area contributed by atoms with E-state index < -0.39 is 0 Å². The summed E-state index contributed by atoms with van der Waals surface area (Å²) in [5.74, 6) is 0.368. The molecule has 0 radical (unpaired) electrons. The number of benzene rings is 1. The molecule has 0 spiro atoms. The van der Waals surface area contributed by atoms with Crippen molar-refractivity contribution in [1.82, 2.24) is 19.9 Å². The highest BCUT2D eigenvalue weighted by Gasteiger charge is 2.22. The van der Waals surface area contributed by atoms with Crippen molar-refractivity contribution in [3.63, 3.8) is 0 Å². The van der Waals surface area contributed by atoms with Crippen LogP contribution in [0.2, 0.25) is 0 Å². The van der Waals surface area contributed by atoms with Gasteiger partial charge in [0.1, 0.15) is 17.5 Å². The van der Waals surface area contributed by atoms with Crippen molar-refractivity contribution in [3.05, 3.63) is 64.0 Å². The Kier molecular flexibility index (Phi) is 4.96. The highest BCUT2D eigenvalue weighted by molar-refractivity contribution is 6.06. The number of aryl methyl sites for hydroxylation is 1. The maximum absolute atomic E-state index is 12.9. The molecule has 0 aliphatic carbocycles. The number of H-pyrrole nitrogens is 1. The molecule has 0 aliphatic heterocycles. The number of aromatic nitrogens is 3. The second-order valence-corrected chi connectivity index (χ2v) is 7.67. The van der Waals surface area contributed by atoms with Gasteiger partial charge in [0.15, 0.2) is 0 Å². The van der Waals surface area contributed by atoms with E-state index in [0.29, 0.717) is 25.3 Å². The number of furan rings is 1. The molecule has 7 nitrogen and oxygen atoms in total. The summed E-state index contributed by atoms with van der Waals surface area (Å²) in [7, 11) is 0. The van der Waals surface area contributed by atoms with Gasteiger partial charge < -0.3 is 14.7 Å². The molecule has 3 aromatic heterocycles. The maximum atomic E-state index is 12.9. The summed E-state index contributed by atoms with van der Waals surface area (Å²) in [5, 5.41) is 4.31. The first-order valence-electron chi connectivity index (χ1n) is 9.77. The van der Waals surface area contributed by atoms with Crippen LogP contribution in [-0.2, 0) is 13.0 Å². The van der Waals surface area contributed by atoms with Crippen LogP contribution in [0.25, 0.3) is 22.0 Å². The smallest absolute Gasteiger partial charge is 0.265 e. The third kappa shape index (κ3) is 3.55. The number of nitrogens with one attached hydrogen (secondary N) is 2. The first-order valence-corrected chi connectivity index (χ1v) is 9.77. The lowest BCUT2D eigenvalue weighted by Gasteiger charge is -2.08. The van der Waals surface area contributed by atoms with Crippen LogP contribution in [0.4, 0.5) is 0 Å². The van der Waals surface area contributed by atoms with Crippen molar-refractivity contribution in [2.24, 2.45) is 5.92 Å². The Bertz CT molecular complexity index is 1250. The van der Waals surface area contributed by atoms with Crippen LogP contribution in [0, 0.1) is 12.8 Å². The fourth-order valence-electron chi connectivity index (χ4n) is 3.67. The van der Waals surface area contributed by atoms with Gasteiger partial charge in [-0.1, -0.05) is 32.0 Å². The highest BCUT2D eigenvalue weighted by atomic mass is 16.3.